The van der Waals surface area contributed by atoms with Gasteiger partial charge in [0.05, 0.1) is 21.3 Å². The first kappa shape index (κ1) is 24.1. The van der Waals surface area contributed by atoms with Crippen LogP contribution in [0.25, 0.3) is 0 Å². The summed E-state index contributed by atoms with van der Waals surface area (Å²) in [5.41, 5.74) is 0.932. The Morgan fingerprint density at radius 2 is 1.67 bits per heavy atom. The van der Waals surface area contributed by atoms with Crippen LogP contribution in [0.1, 0.15) is 10.4 Å². The van der Waals surface area contributed by atoms with Crippen molar-refractivity contribution < 1.29 is 19.0 Å². The van der Waals surface area contributed by atoms with E-state index in [1.54, 1.807) is 43.5 Å². The van der Waals surface area contributed by atoms with Crippen LogP contribution in [0.4, 0.5) is 5.69 Å². The molecule has 1 atom stereocenters. The zero-order valence-electron chi connectivity index (χ0n) is 16.3. The quantitative estimate of drug-likeness (QED) is 0.305. The Bertz CT molecular complexity index is 909. The number of methoxy groups -OCH3 is 3. The van der Waals surface area contributed by atoms with E-state index < -0.39 is 15.9 Å². The van der Waals surface area contributed by atoms with Gasteiger partial charge in [-0.15, -0.1) is 0 Å². The normalized spacial score (nSPS) is 11.8. The maximum atomic E-state index is 12.7. The molecule has 0 unspecified atom stereocenters. The molecule has 0 aliphatic rings. The van der Waals surface area contributed by atoms with E-state index in [4.69, 9.17) is 61.2 Å². The highest BCUT2D eigenvalue weighted by molar-refractivity contribution is 7.80. The Hall–Kier alpha value is -2.13. The molecule has 0 aliphatic carbocycles. The van der Waals surface area contributed by atoms with Crippen molar-refractivity contribution in [3.63, 3.8) is 0 Å². The van der Waals surface area contributed by atoms with Gasteiger partial charge in [0.1, 0.15) is 11.9 Å². The topological polar surface area (TPSA) is 80.9 Å². The zero-order chi connectivity index (χ0) is 22.3. The predicted octanol–water partition coefficient (Wildman–Crippen LogP) is 4.13. The average Bonchev–Trinajstić information content (AvgIpc) is 2.72. The molecule has 2 rings (SSSR count). The number of carbonyl (C=O) groups is 1. The van der Waals surface area contributed by atoms with Crippen molar-refractivity contribution in [2.24, 2.45) is 0 Å². The lowest BCUT2D eigenvalue weighted by atomic mass is 10.2. The maximum Gasteiger partial charge on any atom is 0.253 e. The van der Waals surface area contributed by atoms with E-state index >= 15 is 0 Å². The Balaban J connectivity index is 2.12. The molecule has 0 bridgehead atoms. The second-order valence-corrected chi connectivity index (χ2v) is 8.63. The molecule has 162 valence electrons. The molecular formula is C19H20Cl3N3O4S. The molecule has 1 amide bonds. The summed E-state index contributed by atoms with van der Waals surface area (Å²) in [5, 5.41) is 8.47. The van der Waals surface area contributed by atoms with Gasteiger partial charge in [0.15, 0.2) is 16.6 Å². The van der Waals surface area contributed by atoms with Gasteiger partial charge >= 0.3 is 0 Å². The third-order valence-corrected chi connectivity index (χ3v) is 4.73. The van der Waals surface area contributed by atoms with Crippen LogP contribution in [0.5, 0.6) is 17.2 Å². The molecule has 3 N–H and O–H groups in total. The van der Waals surface area contributed by atoms with Gasteiger partial charge in [-0.2, -0.15) is 0 Å². The van der Waals surface area contributed by atoms with Crippen LogP contribution in [0.15, 0.2) is 42.5 Å². The first-order valence-corrected chi connectivity index (χ1v) is 10.0. The highest BCUT2D eigenvalue weighted by Gasteiger charge is 2.35. The number of halogens is 3. The molecule has 2 aromatic rings. The number of rotatable bonds is 7. The number of benzene rings is 2. The van der Waals surface area contributed by atoms with Crippen molar-refractivity contribution in [2.75, 3.05) is 26.6 Å². The van der Waals surface area contributed by atoms with Gasteiger partial charge in [-0.3, -0.25) is 4.79 Å². The molecule has 11 heteroatoms. The van der Waals surface area contributed by atoms with E-state index in [1.165, 1.54) is 20.3 Å². The molecule has 7 nitrogen and oxygen atoms in total. The number of hydrogen-bond donors (Lipinski definition) is 3. The minimum atomic E-state index is -1.90. The second kappa shape index (κ2) is 10.8. The number of alkyl halides is 3. The van der Waals surface area contributed by atoms with E-state index in [1.807, 2.05) is 0 Å². The van der Waals surface area contributed by atoms with Gasteiger partial charge in [0, 0.05) is 17.3 Å². The van der Waals surface area contributed by atoms with Gasteiger partial charge < -0.3 is 30.2 Å². The molecule has 0 spiro atoms. The lowest BCUT2D eigenvalue weighted by Crippen LogP contribution is -2.56. The molecule has 0 aromatic heterocycles. The number of anilines is 1. The first-order valence-electron chi connectivity index (χ1n) is 8.49. The summed E-state index contributed by atoms with van der Waals surface area (Å²) in [5.74, 6) is 0.999. The minimum absolute atomic E-state index is 0.132. The van der Waals surface area contributed by atoms with Gasteiger partial charge in [0.25, 0.3) is 5.91 Å². The average molecular weight is 493 g/mol. The zero-order valence-corrected chi connectivity index (χ0v) is 19.4. The summed E-state index contributed by atoms with van der Waals surface area (Å²) < 4.78 is 13.6. The first-order chi connectivity index (χ1) is 14.2. The smallest absolute Gasteiger partial charge is 0.253 e. The largest absolute Gasteiger partial charge is 0.497 e. The van der Waals surface area contributed by atoms with Crippen LogP contribution in [0, 0.1) is 0 Å². The van der Waals surface area contributed by atoms with Gasteiger partial charge in [0.2, 0.25) is 3.79 Å². The second-order valence-electron chi connectivity index (χ2n) is 5.85. The predicted molar refractivity (Wildman–Crippen MR) is 123 cm³/mol. The summed E-state index contributed by atoms with van der Waals surface area (Å²) >= 11 is 23.4. The number of ether oxygens (including phenoxy) is 3. The lowest BCUT2D eigenvalue weighted by molar-refractivity contribution is 0.0934. The lowest BCUT2D eigenvalue weighted by Gasteiger charge is -2.28. The number of carbonyl (C=O) groups excluding carboxylic acids is 1. The fraction of sp³-hybridized carbons (Fsp3) is 0.263. The number of amides is 1. The molecule has 0 saturated carbocycles. The standard InChI is InChI=1S/C19H20Cl3N3O4S/c1-27-13-6-4-5-12(10-13)23-18(30)25-17(19(20,21)22)24-16(26)11-7-8-14(28-2)15(9-11)29-3/h4-10,17H,1-3H3,(H,24,26)(H2,23,25,30)/t17-/m0/s1. The van der Waals surface area contributed by atoms with Crippen molar-refractivity contribution in [1.29, 1.82) is 0 Å². The van der Waals surface area contributed by atoms with Crippen molar-refractivity contribution in [1.82, 2.24) is 10.6 Å². The highest BCUT2D eigenvalue weighted by Crippen LogP contribution is 2.30. The van der Waals surface area contributed by atoms with E-state index in [2.05, 4.69) is 16.0 Å². The third-order valence-electron chi connectivity index (χ3n) is 3.85. The SMILES string of the molecule is COc1cccc(NC(=S)N[C@H](NC(=O)c2ccc(OC)c(OC)c2)C(Cl)(Cl)Cl)c1. The Kier molecular flexibility index (Phi) is 8.66. The Morgan fingerprint density at radius 3 is 2.27 bits per heavy atom. The summed E-state index contributed by atoms with van der Waals surface area (Å²) in [4.78, 5) is 12.7. The van der Waals surface area contributed by atoms with Crippen LogP contribution in [-0.2, 0) is 0 Å². The maximum absolute atomic E-state index is 12.7. The van der Waals surface area contributed by atoms with Gasteiger partial charge in [-0.25, -0.2) is 0 Å². The Morgan fingerprint density at radius 1 is 0.967 bits per heavy atom. The third kappa shape index (κ3) is 6.70. The fourth-order valence-electron chi connectivity index (χ4n) is 2.39. The van der Waals surface area contributed by atoms with Gasteiger partial charge in [-0.1, -0.05) is 40.9 Å². The highest BCUT2D eigenvalue weighted by atomic mass is 35.6. The molecule has 30 heavy (non-hydrogen) atoms. The van der Waals surface area contributed by atoms with E-state index in [-0.39, 0.29) is 10.7 Å². The van der Waals surface area contributed by atoms with E-state index in [0.29, 0.717) is 22.9 Å². The monoisotopic (exact) mass is 491 g/mol. The summed E-state index contributed by atoms with van der Waals surface area (Å²) in [7, 11) is 4.52. The summed E-state index contributed by atoms with van der Waals surface area (Å²) in [6, 6.07) is 11.8. The van der Waals surface area contributed by atoms with Crippen LogP contribution >= 0.6 is 47.0 Å². The van der Waals surface area contributed by atoms with Crippen molar-refractivity contribution in [3.05, 3.63) is 48.0 Å². The summed E-state index contributed by atoms with van der Waals surface area (Å²) in [6.45, 7) is 0. The molecular weight excluding hydrogens is 473 g/mol. The van der Waals surface area contributed by atoms with Crippen LogP contribution in [0.2, 0.25) is 0 Å². The molecule has 2 aromatic carbocycles. The molecule has 0 saturated heterocycles. The minimum Gasteiger partial charge on any atom is -0.497 e. The number of hydrogen-bond acceptors (Lipinski definition) is 5. The van der Waals surface area contributed by atoms with Crippen molar-refractivity contribution >= 4 is 63.7 Å². The molecule has 0 heterocycles. The van der Waals surface area contributed by atoms with Crippen LogP contribution < -0.4 is 30.2 Å². The molecule has 0 aliphatic heterocycles. The van der Waals surface area contributed by atoms with Crippen LogP contribution in [-0.4, -0.2) is 42.3 Å². The molecule has 0 fully saturated rings. The summed E-state index contributed by atoms with van der Waals surface area (Å²) in [6.07, 6.45) is -1.13. The van der Waals surface area contributed by atoms with Crippen molar-refractivity contribution in [3.8, 4) is 17.2 Å². The van der Waals surface area contributed by atoms with Gasteiger partial charge in [-0.05, 0) is 42.5 Å². The fourth-order valence-corrected chi connectivity index (χ4v) is 2.95. The number of thiocarbonyl (C=S) groups is 1. The molecule has 0 radical (unpaired) electrons. The van der Waals surface area contributed by atoms with E-state index in [0.717, 1.165) is 0 Å². The van der Waals surface area contributed by atoms with Crippen molar-refractivity contribution in [2.45, 2.75) is 9.96 Å². The van der Waals surface area contributed by atoms with Crippen LogP contribution in [0.3, 0.4) is 0 Å². The number of nitrogens with one attached hydrogen (secondary N) is 3. The van der Waals surface area contributed by atoms with E-state index in [9.17, 15) is 4.79 Å². The Labute approximate surface area is 194 Å².